The van der Waals surface area contributed by atoms with Crippen LogP contribution in [-0.2, 0) is 13.0 Å². The molecule has 0 fully saturated rings. The van der Waals surface area contributed by atoms with Gasteiger partial charge in [-0.3, -0.25) is 4.79 Å². The second-order valence-corrected chi connectivity index (χ2v) is 3.85. The van der Waals surface area contributed by atoms with Gasteiger partial charge < -0.3 is 10.3 Å². The van der Waals surface area contributed by atoms with E-state index in [1.165, 1.54) is 0 Å². The zero-order chi connectivity index (χ0) is 12.3. The number of nitrogens with two attached hydrogens (primary N) is 1. The van der Waals surface area contributed by atoms with Crippen molar-refractivity contribution in [1.82, 2.24) is 9.55 Å². The number of primary amides is 1. The Bertz CT molecular complexity index is 531. The first-order chi connectivity index (χ1) is 8.22. The van der Waals surface area contributed by atoms with Crippen LogP contribution in [0.1, 0.15) is 28.7 Å². The van der Waals surface area contributed by atoms with Crippen molar-refractivity contribution in [1.29, 1.82) is 0 Å². The summed E-state index contributed by atoms with van der Waals surface area (Å²) in [5, 5.41) is 0. The number of aryl methyl sites for hydroxylation is 1. The standard InChI is InChI=1S/C13H15N3O/c1-2-12-15-7-8-16(12)9-10-5-3-4-6-11(10)13(14)17/h3-8H,2,9H2,1H3,(H2,14,17). The summed E-state index contributed by atoms with van der Waals surface area (Å²) in [6.07, 6.45) is 4.55. The maximum absolute atomic E-state index is 11.3. The molecule has 0 atom stereocenters. The van der Waals surface area contributed by atoms with Crippen molar-refractivity contribution in [3.05, 3.63) is 53.6 Å². The summed E-state index contributed by atoms with van der Waals surface area (Å²) in [6, 6.07) is 7.39. The van der Waals surface area contributed by atoms with Crippen LogP contribution in [0.2, 0.25) is 0 Å². The Labute approximate surface area is 100 Å². The lowest BCUT2D eigenvalue weighted by atomic mass is 10.1. The van der Waals surface area contributed by atoms with Gasteiger partial charge in [0.2, 0.25) is 5.91 Å². The van der Waals surface area contributed by atoms with E-state index in [4.69, 9.17) is 5.73 Å². The smallest absolute Gasteiger partial charge is 0.249 e. The van der Waals surface area contributed by atoms with Crippen molar-refractivity contribution in [3.8, 4) is 0 Å². The molecule has 88 valence electrons. The molecule has 0 aliphatic heterocycles. The number of hydrogen-bond acceptors (Lipinski definition) is 2. The summed E-state index contributed by atoms with van der Waals surface area (Å²) in [6.45, 7) is 2.68. The Balaban J connectivity index is 2.33. The molecule has 1 heterocycles. The molecule has 1 aromatic heterocycles. The molecule has 1 amide bonds. The number of amides is 1. The molecule has 2 N–H and O–H groups in total. The maximum Gasteiger partial charge on any atom is 0.249 e. The third-order valence-electron chi connectivity index (χ3n) is 2.74. The van der Waals surface area contributed by atoms with Gasteiger partial charge in [0.25, 0.3) is 0 Å². The van der Waals surface area contributed by atoms with Gasteiger partial charge in [0.15, 0.2) is 0 Å². The summed E-state index contributed by atoms with van der Waals surface area (Å²) in [7, 11) is 0. The van der Waals surface area contributed by atoms with Gasteiger partial charge in [-0.25, -0.2) is 4.98 Å². The van der Waals surface area contributed by atoms with Gasteiger partial charge in [0.1, 0.15) is 5.82 Å². The predicted octanol–water partition coefficient (Wildman–Crippen LogP) is 1.59. The molecule has 0 unspecified atom stereocenters. The van der Waals surface area contributed by atoms with Crippen LogP contribution < -0.4 is 5.73 Å². The first kappa shape index (κ1) is 11.4. The number of benzene rings is 1. The topological polar surface area (TPSA) is 60.9 Å². The fourth-order valence-corrected chi connectivity index (χ4v) is 1.88. The largest absolute Gasteiger partial charge is 0.366 e. The van der Waals surface area contributed by atoms with Crippen LogP contribution in [0.5, 0.6) is 0 Å². The van der Waals surface area contributed by atoms with Gasteiger partial charge >= 0.3 is 0 Å². The molecule has 0 saturated heterocycles. The molecule has 2 rings (SSSR count). The second kappa shape index (κ2) is 4.82. The minimum Gasteiger partial charge on any atom is -0.366 e. The number of imidazole rings is 1. The Hall–Kier alpha value is -2.10. The van der Waals surface area contributed by atoms with E-state index in [0.717, 1.165) is 17.8 Å². The van der Waals surface area contributed by atoms with E-state index < -0.39 is 5.91 Å². The van der Waals surface area contributed by atoms with Crippen molar-refractivity contribution < 1.29 is 4.79 Å². The van der Waals surface area contributed by atoms with Gasteiger partial charge in [-0.05, 0) is 11.6 Å². The molecular formula is C13H15N3O. The zero-order valence-corrected chi connectivity index (χ0v) is 9.76. The second-order valence-electron chi connectivity index (χ2n) is 3.85. The Kier molecular flexibility index (Phi) is 3.23. The van der Waals surface area contributed by atoms with Crippen molar-refractivity contribution in [2.75, 3.05) is 0 Å². The van der Waals surface area contributed by atoms with Crippen molar-refractivity contribution in [3.63, 3.8) is 0 Å². The highest BCUT2D eigenvalue weighted by Crippen LogP contribution is 2.11. The SMILES string of the molecule is CCc1nccn1Cc1ccccc1C(N)=O. The summed E-state index contributed by atoms with van der Waals surface area (Å²) >= 11 is 0. The average Bonchev–Trinajstić information content (AvgIpc) is 2.77. The number of carbonyl (C=O) groups excluding carboxylic acids is 1. The molecule has 17 heavy (non-hydrogen) atoms. The van der Waals surface area contributed by atoms with Crippen molar-refractivity contribution >= 4 is 5.91 Å². The summed E-state index contributed by atoms with van der Waals surface area (Å²) < 4.78 is 2.03. The third-order valence-corrected chi connectivity index (χ3v) is 2.74. The summed E-state index contributed by atoms with van der Waals surface area (Å²) in [4.78, 5) is 15.6. The zero-order valence-electron chi connectivity index (χ0n) is 9.76. The molecule has 4 nitrogen and oxygen atoms in total. The minimum atomic E-state index is -0.390. The number of rotatable bonds is 4. The van der Waals surface area contributed by atoms with E-state index in [1.807, 2.05) is 29.0 Å². The summed E-state index contributed by atoms with van der Waals surface area (Å²) in [5.74, 6) is 0.614. The number of hydrogen-bond donors (Lipinski definition) is 1. The molecule has 0 spiro atoms. The molecular weight excluding hydrogens is 214 g/mol. The maximum atomic E-state index is 11.3. The summed E-state index contributed by atoms with van der Waals surface area (Å²) in [5.41, 5.74) is 6.85. The first-order valence-corrected chi connectivity index (χ1v) is 5.60. The quantitative estimate of drug-likeness (QED) is 0.865. The van der Waals surface area contributed by atoms with Gasteiger partial charge in [-0.15, -0.1) is 0 Å². The number of nitrogens with zero attached hydrogens (tertiary/aromatic N) is 2. The highest BCUT2D eigenvalue weighted by atomic mass is 16.1. The van der Waals surface area contributed by atoms with Crippen LogP contribution in [0.25, 0.3) is 0 Å². The van der Waals surface area contributed by atoms with Gasteiger partial charge in [-0.1, -0.05) is 25.1 Å². The third kappa shape index (κ3) is 2.36. The van der Waals surface area contributed by atoms with Crippen molar-refractivity contribution in [2.45, 2.75) is 19.9 Å². The van der Waals surface area contributed by atoms with Gasteiger partial charge in [0.05, 0.1) is 0 Å². The monoisotopic (exact) mass is 229 g/mol. The highest BCUT2D eigenvalue weighted by Gasteiger charge is 2.08. The van der Waals surface area contributed by atoms with Crippen LogP contribution in [0.3, 0.4) is 0 Å². The van der Waals surface area contributed by atoms with E-state index in [2.05, 4.69) is 11.9 Å². The predicted molar refractivity (Wildman–Crippen MR) is 65.7 cm³/mol. The molecule has 0 bridgehead atoms. The minimum absolute atomic E-state index is 0.390. The number of aromatic nitrogens is 2. The lowest BCUT2D eigenvalue weighted by Crippen LogP contribution is -2.15. The van der Waals surface area contributed by atoms with Gasteiger partial charge in [-0.2, -0.15) is 0 Å². The lowest BCUT2D eigenvalue weighted by Gasteiger charge is -2.09. The average molecular weight is 229 g/mol. The molecule has 0 aliphatic carbocycles. The highest BCUT2D eigenvalue weighted by molar-refractivity contribution is 5.94. The van der Waals surface area contributed by atoms with E-state index in [9.17, 15) is 4.79 Å². The molecule has 0 saturated carbocycles. The molecule has 2 aromatic rings. The van der Waals surface area contributed by atoms with E-state index in [0.29, 0.717) is 12.1 Å². The Morgan fingerprint density at radius 1 is 1.41 bits per heavy atom. The van der Waals surface area contributed by atoms with Crippen LogP contribution in [-0.4, -0.2) is 15.5 Å². The normalized spacial score (nSPS) is 10.4. The van der Waals surface area contributed by atoms with Crippen LogP contribution >= 0.6 is 0 Å². The number of carbonyl (C=O) groups is 1. The van der Waals surface area contributed by atoms with Gasteiger partial charge in [0, 0.05) is 30.9 Å². The fourth-order valence-electron chi connectivity index (χ4n) is 1.88. The molecule has 1 aromatic carbocycles. The van der Waals surface area contributed by atoms with Crippen LogP contribution in [0, 0.1) is 0 Å². The van der Waals surface area contributed by atoms with E-state index in [1.54, 1.807) is 12.3 Å². The fraction of sp³-hybridized carbons (Fsp3) is 0.231. The Morgan fingerprint density at radius 2 is 2.18 bits per heavy atom. The van der Waals surface area contributed by atoms with Crippen molar-refractivity contribution in [2.24, 2.45) is 5.73 Å². The van der Waals surface area contributed by atoms with E-state index >= 15 is 0 Å². The molecule has 0 radical (unpaired) electrons. The van der Waals surface area contributed by atoms with Crippen LogP contribution in [0.4, 0.5) is 0 Å². The molecule has 4 heteroatoms. The van der Waals surface area contributed by atoms with E-state index in [-0.39, 0.29) is 0 Å². The first-order valence-electron chi connectivity index (χ1n) is 5.60. The Morgan fingerprint density at radius 3 is 2.88 bits per heavy atom. The van der Waals surface area contributed by atoms with Crippen LogP contribution in [0.15, 0.2) is 36.7 Å². The lowest BCUT2D eigenvalue weighted by molar-refractivity contribution is 0.0999. The molecule has 0 aliphatic rings.